The second-order valence-electron chi connectivity index (χ2n) is 4.24. The third kappa shape index (κ3) is 4.03. The number of carboxylic acid groups (broad SMARTS) is 1. The van der Waals surface area contributed by atoms with Crippen LogP contribution in [0.5, 0.6) is 5.75 Å². The number of carbonyl (C=O) groups is 1. The first kappa shape index (κ1) is 15.5. The van der Waals surface area contributed by atoms with E-state index in [-0.39, 0.29) is 22.0 Å². The van der Waals surface area contributed by atoms with Crippen LogP contribution in [0.4, 0.5) is 5.69 Å². The summed E-state index contributed by atoms with van der Waals surface area (Å²) < 4.78 is 0. The highest BCUT2D eigenvalue weighted by Gasteiger charge is 2.11. The Morgan fingerprint density at radius 2 is 1.86 bits per heavy atom. The van der Waals surface area contributed by atoms with Crippen LogP contribution in [0.3, 0.4) is 0 Å². The fourth-order valence-electron chi connectivity index (χ4n) is 1.68. The maximum atomic E-state index is 10.9. The lowest BCUT2D eigenvalue weighted by atomic mass is 10.1. The number of aromatic hydroxyl groups is 1. The summed E-state index contributed by atoms with van der Waals surface area (Å²) in [5, 5.41) is 25.8. The molecule has 0 atom stereocenters. The van der Waals surface area contributed by atoms with Gasteiger partial charge in [-0.3, -0.25) is 5.43 Å². The average molecular weight is 315 g/mol. The van der Waals surface area contributed by atoms with Gasteiger partial charge in [0.05, 0.1) is 6.21 Å². The van der Waals surface area contributed by atoms with E-state index in [0.717, 1.165) is 5.69 Å². The number of anilines is 1. The van der Waals surface area contributed by atoms with Gasteiger partial charge in [0, 0.05) is 11.3 Å². The molecular weight excluding hydrogens is 302 g/mol. The molecule has 0 unspecified atom stereocenters. The largest absolute Gasteiger partial charge is 0.506 e. The fourth-order valence-corrected chi connectivity index (χ4v) is 1.85. The molecule has 0 aliphatic rings. The molecule has 7 heteroatoms. The van der Waals surface area contributed by atoms with Gasteiger partial charge in [-0.1, -0.05) is 24.3 Å². The molecule has 2 aromatic carbocycles. The number of hydrogen-bond donors (Lipinski definition) is 4. The first-order valence-corrected chi connectivity index (χ1v) is 6.69. The second-order valence-corrected chi connectivity index (χ2v) is 4.65. The Balaban J connectivity index is 1.99. The molecule has 0 saturated carbocycles. The maximum absolute atomic E-state index is 10.9. The summed E-state index contributed by atoms with van der Waals surface area (Å²) >= 11 is 5.06. The van der Waals surface area contributed by atoms with E-state index in [1.54, 1.807) is 6.07 Å². The van der Waals surface area contributed by atoms with Crippen molar-refractivity contribution in [3.63, 3.8) is 0 Å². The van der Waals surface area contributed by atoms with Gasteiger partial charge in [-0.15, -0.1) is 0 Å². The molecule has 0 spiro atoms. The number of thiocarbonyl (C=S) groups is 1. The van der Waals surface area contributed by atoms with Crippen molar-refractivity contribution in [2.24, 2.45) is 5.10 Å². The molecule has 0 fully saturated rings. The van der Waals surface area contributed by atoms with Crippen LogP contribution in [-0.2, 0) is 0 Å². The summed E-state index contributed by atoms with van der Waals surface area (Å²) in [7, 11) is 0. The maximum Gasteiger partial charge on any atom is 0.339 e. The number of nitrogens with one attached hydrogen (secondary N) is 2. The summed E-state index contributed by atoms with van der Waals surface area (Å²) in [6.45, 7) is 0. The molecule has 0 bridgehead atoms. The van der Waals surface area contributed by atoms with E-state index < -0.39 is 5.97 Å². The Hall–Kier alpha value is -2.93. The topological polar surface area (TPSA) is 94.0 Å². The Kier molecular flexibility index (Phi) is 5.05. The van der Waals surface area contributed by atoms with E-state index >= 15 is 0 Å². The molecule has 0 aliphatic heterocycles. The van der Waals surface area contributed by atoms with Gasteiger partial charge in [-0.25, -0.2) is 4.79 Å². The lowest BCUT2D eigenvalue weighted by molar-refractivity contribution is 0.0693. The molecule has 0 saturated heterocycles. The molecule has 2 aromatic rings. The number of phenols is 1. The van der Waals surface area contributed by atoms with E-state index in [2.05, 4.69) is 15.8 Å². The van der Waals surface area contributed by atoms with Crippen LogP contribution in [-0.4, -0.2) is 27.5 Å². The molecular formula is C15H13N3O3S. The minimum atomic E-state index is -1.21. The molecule has 0 aromatic heterocycles. The number of hydrazone groups is 1. The van der Waals surface area contributed by atoms with Crippen LogP contribution in [0.2, 0.25) is 0 Å². The third-order valence-corrected chi connectivity index (χ3v) is 2.89. The third-order valence-electron chi connectivity index (χ3n) is 2.70. The highest BCUT2D eigenvalue weighted by molar-refractivity contribution is 7.80. The van der Waals surface area contributed by atoms with Crippen LogP contribution in [0.15, 0.2) is 53.6 Å². The predicted octanol–water partition coefficient (Wildman–Crippen LogP) is 2.41. The molecule has 0 aliphatic carbocycles. The summed E-state index contributed by atoms with van der Waals surface area (Å²) in [6.07, 6.45) is 1.29. The van der Waals surface area contributed by atoms with Crippen molar-refractivity contribution in [3.05, 3.63) is 59.7 Å². The number of aromatic carboxylic acids is 1. The van der Waals surface area contributed by atoms with Crippen molar-refractivity contribution >= 4 is 35.2 Å². The normalized spacial score (nSPS) is 10.4. The number of carboxylic acids is 1. The predicted molar refractivity (Wildman–Crippen MR) is 88.5 cm³/mol. The number of benzene rings is 2. The first-order chi connectivity index (χ1) is 10.6. The van der Waals surface area contributed by atoms with E-state index in [1.807, 2.05) is 30.3 Å². The van der Waals surface area contributed by atoms with Gasteiger partial charge in [0.25, 0.3) is 0 Å². The monoisotopic (exact) mass is 315 g/mol. The summed E-state index contributed by atoms with van der Waals surface area (Å²) in [6, 6.07) is 13.7. The van der Waals surface area contributed by atoms with Crippen molar-refractivity contribution in [3.8, 4) is 5.75 Å². The molecule has 0 amide bonds. The van der Waals surface area contributed by atoms with Crippen LogP contribution in [0.1, 0.15) is 15.9 Å². The number of nitrogens with zero attached hydrogens (tertiary/aromatic N) is 1. The van der Waals surface area contributed by atoms with E-state index in [1.165, 1.54) is 18.3 Å². The zero-order valence-electron chi connectivity index (χ0n) is 11.4. The first-order valence-electron chi connectivity index (χ1n) is 6.28. The van der Waals surface area contributed by atoms with Gasteiger partial charge in [0.15, 0.2) is 5.11 Å². The van der Waals surface area contributed by atoms with Gasteiger partial charge >= 0.3 is 5.97 Å². The Morgan fingerprint density at radius 1 is 1.14 bits per heavy atom. The van der Waals surface area contributed by atoms with Crippen LogP contribution >= 0.6 is 12.2 Å². The molecule has 4 N–H and O–H groups in total. The Labute approximate surface area is 132 Å². The molecule has 0 radical (unpaired) electrons. The SMILES string of the molecule is O=C(O)c1cccc(C=NNC(=S)Nc2ccccc2)c1O. The standard InChI is InChI=1S/C15H13N3O3S/c19-13-10(5-4-8-12(13)14(20)21)9-16-18-15(22)17-11-6-2-1-3-7-11/h1-9,19H,(H,20,21)(H2,17,18,22). The van der Waals surface area contributed by atoms with Crippen molar-refractivity contribution in [1.29, 1.82) is 0 Å². The van der Waals surface area contributed by atoms with Crippen molar-refractivity contribution < 1.29 is 15.0 Å². The van der Waals surface area contributed by atoms with Gasteiger partial charge in [-0.2, -0.15) is 5.10 Å². The molecule has 6 nitrogen and oxygen atoms in total. The Morgan fingerprint density at radius 3 is 2.55 bits per heavy atom. The van der Waals surface area contributed by atoms with Crippen LogP contribution < -0.4 is 10.7 Å². The fraction of sp³-hybridized carbons (Fsp3) is 0. The lowest BCUT2D eigenvalue weighted by Crippen LogP contribution is -2.23. The van der Waals surface area contributed by atoms with E-state index in [4.69, 9.17) is 17.3 Å². The van der Waals surface area contributed by atoms with Crippen LogP contribution in [0.25, 0.3) is 0 Å². The number of para-hydroxylation sites is 2. The van der Waals surface area contributed by atoms with Gasteiger partial charge in [-0.05, 0) is 36.5 Å². The zero-order chi connectivity index (χ0) is 15.9. The quantitative estimate of drug-likeness (QED) is 0.393. The van der Waals surface area contributed by atoms with E-state index in [9.17, 15) is 9.90 Å². The number of hydrogen-bond acceptors (Lipinski definition) is 4. The lowest BCUT2D eigenvalue weighted by Gasteiger charge is -2.06. The minimum Gasteiger partial charge on any atom is -0.506 e. The highest BCUT2D eigenvalue weighted by Crippen LogP contribution is 2.20. The van der Waals surface area contributed by atoms with Gasteiger partial charge in [0.2, 0.25) is 0 Å². The smallest absolute Gasteiger partial charge is 0.339 e. The molecule has 0 heterocycles. The van der Waals surface area contributed by atoms with Gasteiger partial charge < -0.3 is 15.5 Å². The van der Waals surface area contributed by atoms with Gasteiger partial charge in [0.1, 0.15) is 11.3 Å². The molecule has 112 valence electrons. The highest BCUT2D eigenvalue weighted by atomic mass is 32.1. The second kappa shape index (κ2) is 7.19. The minimum absolute atomic E-state index is 0.186. The van der Waals surface area contributed by atoms with Crippen LogP contribution in [0, 0.1) is 0 Å². The molecule has 2 rings (SSSR count). The zero-order valence-corrected chi connectivity index (χ0v) is 12.2. The average Bonchev–Trinajstić information content (AvgIpc) is 2.49. The van der Waals surface area contributed by atoms with Crippen molar-refractivity contribution in [2.75, 3.05) is 5.32 Å². The summed E-state index contributed by atoms with van der Waals surface area (Å²) in [4.78, 5) is 10.9. The number of rotatable bonds is 4. The summed E-state index contributed by atoms with van der Waals surface area (Å²) in [5.41, 5.74) is 3.48. The van der Waals surface area contributed by atoms with Crippen molar-refractivity contribution in [2.45, 2.75) is 0 Å². The van der Waals surface area contributed by atoms with Crippen molar-refractivity contribution in [1.82, 2.24) is 5.43 Å². The molecule has 22 heavy (non-hydrogen) atoms. The van der Waals surface area contributed by atoms with E-state index in [0.29, 0.717) is 0 Å². The summed E-state index contributed by atoms with van der Waals surface area (Å²) in [5.74, 6) is -1.55. The Bertz CT molecular complexity index is 717.